The van der Waals surface area contributed by atoms with Crippen molar-refractivity contribution in [3.05, 3.63) is 40.6 Å². The first-order chi connectivity index (χ1) is 7.27. The van der Waals surface area contributed by atoms with Crippen molar-refractivity contribution >= 4 is 21.8 Å². The van der Waals surface area contributed by atoms with Gasteiger partial charge in [-0.1, -0.05) is 12.1 Å². The standard InChI is InChI=1S/C10H6FN3O/c11-7-3-1-2-5-8-6(4-12-9(5)7)10(15)14-13-8/h1-4H,(H2,13,14,15). The normalized spacial score (nSPS) is 11.3. The molecule has 0 radical (unpaired) electrons. The molecule has 3 aromatic rings. The molecule has 0 aliphatic rings. The molecule has 0 atom stereocenters. The number of rotatable bonds is 0. The third-order valence-electron chi connectivity index (χ3n) is 2.39. The zero-order valence-electron chi connectivity index (χ0n) is 7.54. The molecular weight excluding hydrogens is 197 g/mol. The van der Waals surface area contributed by atoms with Gasteiger partial charge in [-0.05, 0) is 6.07 Å². The highest BCUT2D eigenvalue weighted by Gasteiger charge is 2.08. The molecule has 5 heteroatoms. The van der Waals surface area contributed by atoms with E-state index in [4.69, 9.17) is 0 Å². The van der Waals surface area contributed by atoms with Crippen LogP contribution < -0.4 is 5.56 Å². The Balaban J connectivity index is 2.66. The second-order valence-electron chi connectivity index (χ2n) is 3.26. The second-order valence-corrected chi connectivity index (χ2v) is 3.26. The molecule has 0 saturated heterocycles. The number of hydrogen-bond acceptors (Lipinski definition) is 2. The highest BCUT2D eigenvalue weighted by atomic mass is 19.1. The Bertz CT molecular complexity index is 713. The van der Waals surface area contributed by atoms with Gasteiger partial charge in [-0.3, -0.25) is 20.0 Å². The lowest BCUT2D eigenvalue weighted by Crippen LogP contribution is -1.97. The molecule has 2 heterocycles. The number of halogens is 1. The van der Waals surface area contributed by atoms with Crippen molar-refractivity contribution < 1.29 is 4.39 Å². The van der Waals surface area contributed by atoms with Gasteiger partial charge in [-0.2, -0.15) is 0 Å². The van der Waals surface area contributed by atoms with E-state index in [2.05, 4.69) is 15.2 Å². The molecule has 0 amide bonds. The van der Waals surface area contributed by atoms with E-state index in [0.717, 1.165) is 0 Å². The van der Waals surface area contributed by atoms with Crippen LogP contribution in [0.4, 0.5) is 4.39 Å². The predicted molar refractivity (Wildman–Crippen MR) is 54.2 cm³/mol. The number of H-pyrrole nitrogens is 2. The Morgan fingerprint density at radius 1 is 1.20 bits per heavy atom. The van der Waals surface area contributed by atoms with Crippen LogP contribution >= 0.6 is 0 Å². The minimum absolute atomic E-state index is 0.247. The smallest absolute Gasteiger partial charge is 0.273 e. The fourth-order valence-electron chi connectivity index (χ4n) is 1.68. The molecular formula is C10H6FN3O. The summed E-state index contributed by atoms with van der Waals surface area (Å²) in [6.07, 6.45) is 1.37. The van der Waals surface area contributed by atoms with Crippen LogP contribution in [0.1, 0.15) is 0 Å². The number of benzene rings is 1. The summed E-state index contributed by atoms with van der Waals surface area (Å²) in [4.78, 5) is 15.2. The predicted octanol–water partition coefficient (Wildman–Crippen LogP) is 1.54. The molecule has 15 heavy (non-hydrogen) atoms. The van der Waals surface area contributed by atoms with Crippen LogP contribution in [0.2, 0.25) is 0 Å². The van der Waals surface area contributed by atoms with E-state index < -0.39 is 5.82 Å². The van der Waals surface area contributed by atoms with Crippen molar-refractivity contribution in [3.63, 3.8) is 0 Å². The van der Waals surface area contributed by atoms with Crippen molar-refractivity contribution in [1.29, 1.82) is 0 Å². The first kappa shape index (κ1) is 8.16. The van der Waals surface area contributed by atoms with Gasteiger partial charge in [-0.25, -0.2) is 4.39 Å². The van der Waals surface area contributed by atoms with Crippen LogP contribution in [0.15, 0.2) is 29.2 Å². The minimum Gasteiger partial charge on any atom is -0.297 e. The number of pyridine rings is 1. The van der Waals surface area contributed by atoms with Gasteiger partial charge in [0.15, 0.2) is 0 Å². The average Bonchev–Trinajstić information content (AvgIpc) is 2.61. The molecule has 0 unspecified atom stereocenters. The van der Waals surface area contributed by atoms with Gasteiger partial charge in [0.2, 0.25) is 0 Å². The van der Waals surface area contributed by atoms with Crippen LogP contribution in [0, 0.1) is 5.82 Å². The molecule has 0 aliphatic heterocycles. The van der Waals surface area contributed by atoms with Crippen LogP contribution in [-0.2, 0) is 0 Å². The summed E-state index contributed by atoms with van der Waals surface area (Å²) in [5.74, 6) is -0.392. The topological polar surface area (TPSA) is 61.5 Å². The van der Waals surface area contributed by atoms with E-state index in [1.54, 1.807) is 12.1 Å². The number of aromatic nitrogens is 3. The Morgan fingerprint density at radius 2 is 2.07 bits per heavy atom. The fraction of sp³-hybridized carbons (Fsp3) is 0. The number of fused-ring (bicyclic) bond motifs is 3. The van der Waals surface area contributed by atoms with E-state index in [1.807, 2.05) is 0 Å². The first-order valence-electron chi connectivity index (χ1n) is 4.41. The third-order valence-corrected chi connectivity index (χ3v) is 2.39. The highest BCUT2D eigenvalue weighted by Crippen LogP contribution is 2.20. The van der Waals surface area contributed by atoms with Crippen molar-refractivity contribution in [2.75, 3.05) is 0 Å². The molecule has 0 bridgehead atoms. The van der Waals surface area contributed by atoms with Crippen molar-refractivity contribution in [3.8, 4) is 0 Å². The first-order valence-corrected chi connectivity index (χ1v) is 4.41. The second kappa shape index (κ2) is 2.66. The van der Waals surface area contributed by atoms with Crippen LogP contribution in [0.5, 0.6) is 0 Å². The van der Waals surface area contributed by atoms with E-state index in [9.17, 15) is 9.18 Å². The van der Waals surface area contributed by atoms with Crippen molar-refractivity contribution in [1.82, 2.24) is 15.2 Å². The van der Waals surface area contributed by atoms with E-state index >= 15 is 0 Å². The summed E-state index contributed by atoms with van der Waals surface area (Å²) in [7, 11) is 0. The molecule has 3 rings (SSSR count). The van der Waals surface area contributed by atoms with E-state index in [0.29, 0.717) is 16.3 Å². The van der Waals surface area contributed by atoms with Crippen LogP contribution in [0.3, 0.4) is 0 Å². The van der Waals surface area contributed by atoms with Gasteiger partial charge < -0.3 is 0 Å². The summed E-state index contributed by atoms with van der Waals surface area (Å²) >= 11 is 0. The molecule has 1 aromatic carbocycles. The molecule has 74 valence electrons. The third kappa shape index (κ3) is 0.999. The van der Waals surface area contributed by atoms with Gasteiger partial charge in [0.05, 0.1) is 10.9 Å². The Kier molecular flexibility index (Phi) is 1.45. The maximum absolute atomic E-state index is 13.4. The Labute approximate surface area is 82.7 Å². The summed E-state index contributed by atoms with van der Waals surface area (Å²) in [5, 5.41) is 6.20. The van der Waals surface area contributed by atoms with E-state index in [-0.39, 0.29) is 11.1 Å². The van der Waals surface area contributed by atoms with Crippen LogP contribution in [-0.4, -0.2) is 15.2 Å². The number of para-hydroxylation sites is 1. The molecule has 2 aromatic heterocycles. The van der Waals surface area contributed by atoms with Gasteiger partial charge in [-0.15, -0.1) is 0 Å². The van der Waals surface area contributed by atoms with Gasteiger partial charge in [0, 0.05) is 11.6 Å². The van der Waals surface area contributed by atoms with Crippen molar-refractivity contribution in [2.24, 2.45) is 0 Å². The summed E-state index contributed by atoms with van der Waals surface area (Å²) < 4.78 is 13.4. The van der Waals surface area contributed by atoms with Gasteiger partial charge >= 0.3 is 0 Å². The highest BCUT2D eigenvalue weighted by molar-refractivity contribution is 6.02. The Morgan fingerprint density at radius 3 is 2.93 bits per heavy atom. The fourth-order valence-corrected chi connectivity index (χ4v) is 1.68. The van der Waals surface area contributed by atoms with Crippen molar-refractivity contribution in [2.45, 2.75) is 0 Å². The molecule has 0 saturated carbocycles. The largest absolute Gasteiger partial charge is 0.297 e. The van der Waals surface area contributed by atoms with Crippen LogP contribution in [0.25, 0.3) is 21.8 Å². The summed E-state index contributed by atoms with van der Waals surface area (Å²) in [5.41, 5.74) is 0.605. The average molecular weight is 203 g/mol. The van der Waals surface area contributed by atoms with Gasteiger partial charge in [0.1, 0.15) is 11.3 Å². The minimum atomic E-state index is -0.392. The number of nitrogens with zero attached hydrogens (tertiary/aromatic N) is 1. The number of hydrogen-bond donors (Lipinski definition) is 2. The zero-order valence-corrected chi connectivity index (χ0v) is 7.54. The van der Waals surface area contributed by atoms with E-state index in [1.165, 1.54) is 12.3 Å². The lowest BCUT2D eigenvalue weighted by atomic mass is 10.1. The molecule has 0 spiro atoms. The summed E-state index contributed by atoms with van der Waals surface area (Å²) in [6.45, 7) is 0. The SMILES string of the molecule is O=c1[nH][nH]c2c1cnc1c(F)cccc12. The maximum Gasteiger partial charge on any atom is 0.273 e. The molecule has 2 N–H and O–H groups in total. The molecule has 4 nitrogen and oxygen atoms in total. The Hall–Kier alpha value is -2.17. The zero-order chi connectivity index (χ0) is 10.4. The number of nitrogens with one attached hydrogen (secondary N) is 2. The molecule has 0 fully saturated rings. The van der Waals surface area contributed by atoms with Gasteiger partial charge in [0.25, 0.3) is 5.56 Å². The molecule has 0 aliphatic carbocycles. The summed E-state index contributed by atoms with van der Waals surface area (Å²) in [6, 6.07) is 4.65. The lowest BCUT2D eigenvalue weighted by Gasteiger charge is -1.98. The maximum atomic E-state index is 13.4. The lowest BCUT2D eigenvalue weighted by molar-refractivity contribution is 0.637. The number of aromatic amines is 2. The quantitative estimate of drug-likeness (QED) is 0.582. The monoisotopic (exact) mass is 203 g/mol.